The zero-order valence-electron chi connectivity index (χ0n) is 12.5. The molecule has 0 spiro atoms. The standard InChI is InChI=1S/C18H20N2OS/c21-17(10-15-9-12-6-7-14(15)8-12)20-18-19-16(11-22-18)13-4-2-1-3-5-13/h1-5,11-12,14-15H,6-10H2,(H,19,20,21)/t12-,14-,15+/m1/s1. The Balaban J connectivity index is 1.37. The molecule has 1 N–H and O–H groups in total. The Labute approximate surface area is 134 Å². The molecule has 2 aliphatic rings. The van der Waals surface area contributed by atoms with Crippen LogP contribution in [-0.4, -0.2) is 10.9 Å². The highest BCUT2D eigenvalue weighted by Crippen LogP contribution is 2.49. The Kier molecular flexibility index (Phi) is 3.70. The van der Waals surface area contributed by atoms with Crippen LogP contribution in [0.15, 0.2) is 35.7 Å². The quantitative estimate of drug-likeness (QED) is 0.898. The molecular formula is C18H20N2OS. The lowest BCUT2D eigenvalue weighted by atomic mass is 9.86. The van der Waals surface area contributed by atoms with Crippen LogP contribution >= 0.6 is 11.3 Å². The van der Waals surface area contributed by atoms with E-state index in [1.165, 1.54) is 37.0 Å². The van der Waals surface area contributed by atoms with Crippen LogP contribution in [0.5, 0.6) is 0 Å². The van der Waals surface area contributed by atoms with Gasteiger partial charge in [-0.1, -0.05) is 36.8 Å². The van der Waals surface area contributed by atoms with E-state index in [9.17, 15) is 4.79 Å². The molecule has 4 rings (SSSR count). The highest BCUT2D eigenvalue weighted by atomic mass is 32.1. The third-order valence-corrected chi connectivity index (χ3v) is 5.91. The predicted molar refractivity (Wildman–Crippen MR) is 89.7 cm³/mol. The van der Waals surface area contributed by atoms with Crippen LogP contribution < -0.4 is 5.32 Å². The Morgan fingerprint density at radius 2 is 2.09 bits per heavy atom. The number of nitrogens with zero attached hydrogens (tertiary/aromatic N) is 1. The molecule has 2 aromatic rings. The number of rotatable bonds is 4. The highest BCUT2D eigenvalue weighted by molar-refractivity contribution is 7.14. The van der Waals surface area contributed by atoms with Crippen molar-refractivity contribution in [2.24, 2.45) is 17.8 Å². The summed E-state index contributed by atoms with van der Waals surface area (Å²) in [6, 6.07) is 10.1. The number of fused-ring (bicyclic) bond motifs is 2. The van der Waals surface area contributed by atoms with Gasteiger partial charge in [-0.15, -0.1) is 11.3 Å². The van der Waals surface area contributed by atoms with Crippen LogP contribution in [-0.2, 0) is 4.79 Å². The Morgan fingerprint density at radius 3 is 2.82 bits per heavy atom. The van der Waals surface area contributed by atoms with Gasteiger partial charge in [-0.3, -0.25) is 4.79 Å². The number of nitrogens with one attached hydrogen (secondary N) is 1. The van der Waals surface area contributed by atoms with Crippen LogP contribution in [0.3, 0.4) is 0 Å². The molecule has 2 saturated carbocycles. The van der Waals surface area contributed by atoms with Crippen molar-refractivity contribution in [2.75, 3.05) is 5.32 Å². The summed E-state index contributed by atoms with van der Waals surface area (Å²) in [7, 11) is 0. The second-order valence-electron chi connectivity index (χ2n) is 6.59. The van der Waals surface area contributed by atoms with Gasteiger partial charge in [-0.2, -0.15) is 0 Å². The van der Waals surface area contributed by atoms with Gasteiger partial charge in [0.2, 0.25) is 5.91 Å². The number of benzene rings is 1. The lowest BCUT2D eigenvalue weighted by molar-refractivity contribution is -0.117. The molecule has 0 saturated heterocycles. The zero-order chi connectivity index (χ0) is 14.9. The fourth-order valence-electron chi connectivity index (χ4n) is 4.11. The van der Waals surface area contributed by atoms with E-state index in [-0.39, 0.29) is 5.91 Å². The van der Waals surface area contributed by atoms with Crippen LogP contribution in [0.2, 0.25) is 0 Å². The minimum Gasteiger partial charge on any atom is -0.302 e. The topological polar surface area (TPSA) is 42.0 Å². The minimum atomic E-state index is 0.131. The first-order valence-electron chi connectivity index (χ1n) is 8.09. The number of carbonyl (C=O) groups is 1. The normalized spacial score (nSPS) is 26.3. The van der Waals surface area contributed by atoms with Gasteiger partial charge in [0.15, 0.2) is 5.13 Å². The maximum absolute atomic E-state index is 12.2. The van der Waals surface area contributed by atoms with Crippen molar-refractivity contribution in [3.8, 4) is 11.3 Å². The summed E-state index contributed by atoms with van der Waals surface area (Å²) in [6.07, 6.45) is 5.99. The van der Waals surface area contributed by atoms with Gasteiger partial charge in [0.05, 0.1) is 5.69 Å². The summed E-state index contributed by atoms with van der Waals surface area (Å²) in [5.41, 5.74) is 2.02. The molecule has 3 atom stereocenters. The third kappa shape index (κ3) is 2.80. The van der Waals surface area contributed by atoms with Gasteiger partial charge in [0.1, 0.15) is 0 Å². The summed E-state index contributed by atoms with van der Waals surface area (Å²) in [5, 5.41) is 5.70. The zero-order valence-corrected chi connectivity index (χ0v) is 13.3. The van der Waals surface area contributed by atoms with Gasteiger partial charge >= 0.3 is 0 Å². The molecule has 0 aliphatic heterocycles. The van der Waals surface area contributed by atoms with E-state index in [1.54, 1.807) is 0 Å². The molecule has 3 nitrogen and oxygen atoms in total. The van der Waals surface area contributed by atoms with Crippen LogP contribution in [0.1, 0.15) is 32.1 Å². The van der Waals surface area contributed by atoms with Crippen LogP contribution in [0, 0.1) is 17.8 Å². The van der Waals surface area contributed by atoms with Gasteiger partial charge in [0.25, 0.3) is 0 Å². The van der Waals surface area contributed by atoms with Crippen molar-refractivity contribution >= 4 is 22.4 Å². The largest absolute Gasteiger partial charge is 0.302 e. The third-order valence-electron chi connectivity index (χ3n) is 5.15. The molecule has 1 amide bonds. The summed E-state index contributed by atoms with van der Waals surface area (Å²) >= 11 is 1.50. The van der Waals surface area contributed by atoms with E-state index in [4.69, 9.17) is 0 Å². The van der Waals surface area contributed by atoms with E-state index in [0.29, 0.717) is 17.5 Å². The van der Waals surface area contributed by atoms with Crippen LogP contribution in [0.4, 0.5) is 5.13 Å². The van der Waals surface area contributed by atoms with Crippen molar-refractivity contribution in [1.29, 1.82) is 0 Å². The van der Waals surface area contributed by atoms with E-state index in [0.717, 1.165) is 23.1 Å². The molecular weight excluding hydrogens is 292 g/mol. The van der Waals surface area contributed by atoms with E-state index < -0.39 is 0 Å². The van der Waals surface area contributed by atoms with Crippen molar-refractivity contribution in [2.45, 2.75) is 32.1 Å². The minimum absolute atomic E-state index is 0.131. The first-order valence-corrected chi connectivity index (χ1v) is 8.96. The average Bonchev–Trinajstić information content (AvgIpc) is 3.24. The van der Waals surface area contributed by atoms with Gasteiger partial charge in [0, 0.05) is 17.4 Å². The van der Waals surface area contributed by atoms with E-state index in [2.05, 4.69) is 10.3 Å². The molecule has 2 bridgehead atoms. The fraction of sp³-hybridized carbons (Fsp3) is 0.444. The first-order chi connectivity index (χ1) is 10.8. The molecule has 4 heteroatoms. The second kappa shape index (κ2) is 5.84. The average molecular weight is 312 g/mol. The second-order valence-corrected chi connectivity index (χ2v) is 7.45. The van der Waals surface area contributed by atoms with E-state index >= 15 is 0 Å². The maximum atomic E-state index is 12.2. The number of thiazole rings is 1. The Bertz CT molecular complexity index is 667. The molecule has 0 radical (unpaired) electrons. The van der Waals surface area contributed by atoms with Crippen LogP contribution in [0.25, 0.3) is 11.3 Å². The number of hydrogen-bond acceptors (Lipinski definition) is 3. The molecule has 22 heavy (non-hydrogen) atoms. The molecule has 1 aromatic carbocycles. The number of amides is 1. The molecule has 2 fully saturated rings. The smallest absolute Gasteiger partial charge is 0.226 e. The molecule has 1 aromatic heterocycles. The van der Waals surface area contributed by atoms with Crippen molar-refractivity contribution < 1.29 is 4.79 Å². The molecule has 2 aliphatic carbocycles. The Hall–Kier alpha value is -1.68. The van der Waals surface area contributed by atoms with E-state index in [1.807, 2.05) is 35.7 Å². The highest BCUT2D eigenvalue weighted by Gasteiger charge is 2.40. The summed E-state index contributed by atoms with van der Waals surface area (Å²) in [4.78, 5) is 16.8. The predicted octanol–water partition coefficient (Wildman–Crippen LogP) is 4.57. The van der Waals surface area contributed by atoms with Crippen molar-refractivity contribution in [1.82, 2.24) is 4.98 Å². The number of aromatic nitrogens is 1. The fourth-order valence-corrected chi connectivity index (χ4v) is 4.84. The molecule has 114 valence electrons. The molecule has 1 heterocycles. The van der Waals surface area contributed by atoms with Crippen molar-refractivity contribution in [3.63, 3.8) is 0 Å². The van der Waals surface area contributed by atoms with Gasteiger partial charge in [-0.05, 0) is 37.0 Å². The van der Waals surface area contributed by atoms with Gasteiger partial charge < -0.3 is 5.32 Å². The summed E-state index contributed by atoms with van der Waals surface area (Å²) < 4.78 is 0. The SMILES string of the molecule is O=C(C[C@@H]1C[C@@H]2CC[C@@H]1C2)Nc1nc(-c2ccccc2)cs1. The first kappa shape index (κ1) is 13.9. The molecule has 0 unspecified atom stereocenters. The van der Waals surface area contributed by atoms with Gasteiger partial charge in [-0.25, -0.2) is 4.98 Å². The lowest BCUT2D eigenvalue weighted by Gasteiger charge is -2.20. The lowest BCUT2D eigenvalue weighted by Crippen LogP contribution is -2.20. The summed E-state index contributed by atoms with van der Waals surface area (Å²) in [6.45, 7) is 0. The number of carbonyl (C=O) groups excluding carboxylic acids is 1. The number of anilines is 1. The summed E-state index contributed by atoms with van der Waals surface area (Å²) in [5.74, 6) is 2.43. The maximum Gasteiger partial charge on any atom is 0.226 e. The number of hydrogen-bond donors (Lipinski definition) is 1. The van der Waals surface area contributed by atoms with Crippen molar-refractivity contribution in [3.05, 3.63) is 35.7 Å². The monoisotopic (exact) mass is 312 g/mol. The Morgan fingerprint density at radius 1 is 1.23 bits per heavy atom.